The van der Waals surface area contributed by atoms with Crippen molar-refractivity contribution in [2.24, 2.45) is 25.4 Å². The number of fused-ring (bicyclic) bond motifs is 2. The third-order valence-corrected chi connectivity index (χ3v) is 14.1. The Hall–Kier alpha value is -6.41. The zero-order valence-corrected chi connectivity index (χ0v) is 47.7. The van der Waals surface area contributed by atoms with Crippen molar-refractivity contribution in [3.05, 3.63) is 166 Å². The van der Waals surface area contributed by atoms with Crippen molar-refractivity contribution in [3.63, 3.8) is 0 Å². The number of hydrogen-bond acceptors (Lipinski definition) is 15. The SMILES string of the molecule is CCc1ccc(N=Nc2c(O)c(C(=O)Nc3cccc(OC)c3)cc3ccccc23)c(Cl)c1S(=O)(=O)O.CCc1ccc(N=Nc2c([O-])c(C([O-])=Nc3cccc(OC)c3)cc3ccccc23)c(Cl)c1S(=O)(=O)O.[Ba+2]. The molecule has 0 unspecified atom stereocenters. The molecule has 18 nitrogen and oxygen atoms in total. The maximum absolute atomic E-state index is 13.3. The van der Waals surface area contributed by atoms with Crippen LogP contribution in [-0.4, -0.2) is 106 Å². The van der Waals surface area contributed by atoms with Gasteiger partial charge < -0.3 is 30.1 Å². The second kappa shape index (κ2) is 25.0. The number of anilines is 1. The van der Waals surface area contributed by atoms with Gasteiger partial charge in [0.1, 0.15) is 38.4 Å². The molecule has 0 radical (unpaired) electrons. The molecule has 0 heterocycles. The van der Waals surface area contributed by atoms with Gasteiger partial charge in [0.05, 0.1) is 41.2 Å². The summed E-state index contributed by atoms with van der Waals surface area (Å²) in [5.41, 5.74) is 0.826. The molecule has 0 fully saturated rings. The second-order valence-electron chi connectivity index (χ2n) is 15.8. The van der Waals surface area contributed by atoms with Gasteiger partial charge in [0.2, 0.25) is 0 Å². The first-order valence-electron chi connectivity index (χ1n) is 22.0. The number of nitrogens with zero attached hydrogens (tertiary/aromatic N) is 5. The number of phenolic OH excluding ortho intramolecular Hbond substituents is 1. The van der Waals surface area contributed by atoms with Gasteiger partial charge in [-0.05, 0) is 94.7 Å². The second-order valence-corrected chi connectivity index (χ2v) is 19.3. The van der Waals surface area contributed by atoms with Gasteiger partial charge >= 0.3 is 48.9 Å². The van der Waals surface area contributed by atoms with Gasteiger partial charge in [-0.3, -0.25) is 18.9 Å². The van der Waals surface area contributed by atoms with E-state index in [1.54, 1.807) is 111 Å². The number of carbonyl (C=O) groups excluding carboxylic acids is 1. The Morgan fingerprint density at radius 2 is 1.11 bits per heavy atom. The summed E-state index contributed by atoms with van der Waals surface area (Å²) in [6.45, 7) is 3.42. The molecule has 75 heavy (non-hydrogen) atoms. The zero-order valence-electron chi connectivity index (χ0n) is 40.1. The molecule has 8 aromatic rings. The number of rotatable bonds is 14. The number of nitrogens with one attached hydrogen (secondary N) is 1. The van der Waals surface area contributed by atoms with Gasteiger partial charge in [-0.25, -0.2) is 0 Å². The average molecular weight is 1220 g/mol. The molecule has 0 spiro atoms. The number of aryl methyl sites for hydroxylation is 2. The number of carbonyl (C=O) groups is 1. The number of aromatic hydroxyl groups is 1. The summed E-state index contributed by atoms with van der Waals surface area (Å²) < 4.78 is 77.2. The number of azo groups is 2. The van der Waals surface area contributed by atoms with Crippen LogP contribution >= 0.6 is 23.2 Å². The van der Waals surface area contributed by atoms with Gasteiger partial charge in [0, 0.05) is 28.6 Å². The van der Waals surface area contributed by atoms with Gasteiger partial charge in [-0.2, -0.15) is 21.9 Å². The molecule has 0 aliphatic heterocycles. The van der Waals surface area contributed by atoms with Crippen LogP contribution in [0.15, 0.2) is 169 Å². The van der Waals surface area contributed by atoms with E-state index in [1.165, 1.54) is 50.6 Å². The Morgan fingerprint density at radius 3 is 1.63 bits per heavy atom. The van der Waals surface area contributed by atoms with Crippen LogP contribution < -0.4 is 25.0 Å². The van der Waals surface area contributed by atoms with Crippen LogP contribution in [0.25, 0.3) is 21.5 Å². The number of halogens is 2. The fourth-order valence-corrected chi connectivity index (χ4v) is 10.3. The molecule has 0 saturated carbocycles. The van der Waals surface area contributed by atoms with Crippen molar-refractivity contribution in [3.8, 4) is 23.0 Å². The number of phenols is 1. The van der Waals surface area contributed by atoms with Crippen LogP contribution in [0.1, 0.15) is 40.9 Å². The summed E-state index contributed by atoms with van der Waals surface area (Å²) in [4.78, 5) is 16.2. The monoisotopic (exact) mass is 1210 g/mol. The standard InChI is InChI=1S/2C26H22ClN3O6S.Ba/c2*1-3-15-11-12-21(22(27)25(15)37(33,34)35)29-30-23-19-10-5-4-7-16(19)13-20(24(23)31)26(32)28-17-8-6-9-18(14-17)36-2;/h2*4-14,31H,3H2,1-2H3,(H,28,32)(H,33,34,35);/q;;+2/p-2. The van der Waals surface area contributed by atoms with Crippen LogP contribution in [-0.2, 0) is 33.1 Å². The number of aliphatic imine (C=N–C) groups is 1. The van der Waals surface area contributed by atoms with E-state index in [0.29, 0.717) is 68.4 Å². The minimum atomic E-state index is -4.64. The van der Waals surface area contributed by atoms with Gasteiger partial charge in [-0.1, -0.05) is 116 Å². The van der Waals surface area contributed by atoms with E-state index in [2.05, 4.69) is 30.8 Å². The molecule has 0 aromatic heterocycles. The first kappa shape index (κ1) is 57.9. The van der Waals surface area contributed by atoms with E-state index in [4.69, 9.17) is 32.7 Å². The molecule has 1 amide bonds. The van der Waals surface area contributed by atoms with Crippen molar-refractivity contribution in [1.82, 2.24) is 0 Å². The molecule has 0 bridgehead atoms. The van der Waals surface area contributed by atoms with Crippen molar-refractivity contribution in [1.29, 1.82) is 0 Å². The van der Waals surface area contributed by atoms with Gasteiger partial charge in [0.25, 0.3) is 26.1 Å². The van der Waals surface area contributed by atoms with E-state index < -0.39 is 53.3 Å². The Balaban J connectivity index is 0.000000241. The number of benzene rings is 8. The molecule has 0 aliphatic rings. The normalized spacial score (nSPS) is 11.9. The minimum absolute atomic E-state index is 0. The van der Waals surface area contributed by atoms with Crippen molar-refractivity contribution in [2.45, 2.75) is 36.5 Å². The number of methoxy groups -OCH3 is 2. The molecule has 8 rings (SSSR count). The smallest absolute Gasteiger partial charge is 0.871 e. The molecular weight excluding hydrogens is 1170 g/mol. The van der Waals surface area contributed by atoms with Crippen LogP contribution in [0.4, 0.5) is 34.1 Å². The topological polar surface area (TPSA) is 284 Å². The van der Waals surface area contributed by atoms with E-state index in [-0.39, 0.29) is 92.8 Å². The Bertz CT molecular complexity index is 3830. The molecular formula is C52H42BaCl2N6O12S2. The summed E-state index contributed by atoms with van der Waals surface area (Å²) in [5.74, 6) is -1.47. The predicted molar refractivity (Wildman–Crippen MR) is 285 cm³/mol. The first-order chi connectivity index (χ1) is 35.3. The largest absolute Gasteiger partial charge is 2.00 e. The molecule has 0 aliphatic carbocycles. The van der Waals surface area contributed by atoms with E-state index in [9.17, 15) is 46.1 Å². The third kappa shape index (κ3) is 13.3. The number of hydrogen-bond donors (Lipinski definition) is 4. The van der Waals surface area contributed by atoms with Crippen LogP contribution in [0.3, 0.4) is 0 Å². The summed E-state index contributed by atoms with van der Waals surface area (Å²) >= 11 is 12.5. The average Bonchev–Trinajstić information content (AvgIpc) is 3.37. The van der Waals surface area contributed by atoms with Crippen molar-refractivity contribution < 1.29 is 55.5 Å². The summed E-state index contributed by atoms with van der Waals surface area (Å²) in [6.07, 6.45) is 0.602. The molecule has 0 saturated heterocycles. The minimum Gasteiger partial charge on any atom is -0.871 e. The molecule has 380 valence electrons. The number of ether oxygens (including phenoxy) is 2. The predicted octanol–water partition coefficient (Wildman–Crippen LogP) is 11.5. The van der Waals surface area contributed by atoms with Crippen LogP contribution in [0.2, 0.25) is 10.0 Å². The Labute approximate surface area is 481 Å². The zero-order chi connectivity index (χ0) is 53.5. The summed E-state index contributed by atoms with van der Waals surface area (Å²) in [7, 11) is -6.27. The fraction of sp³-hybridized carbons (Fsp3) is 0.115. The molecule has 8 aromatic carbocycles. The Kier molecular flexibility index (Phi) is 19.3. The van der Waals surface area contributed by atoms with E-state index >= 15 is 0 Å². The third-order valence-electron chi connectivity index (χ3n) is 11.2. The van der Waals surface area contributed by atoms with Crippen molar-refractivity contribution >= 4 is 160 Å². The van der Waals surface area contributed by atoms with Crippen LogP contribution in [0.5, 0.6) is 23.0 Å². The number of amides is 1. The van der Waals surface area contributed by atoms with E-state index in [1.807, 2.05) is 0 Å². The molecule has 0 atom stereocenters. The first-order valence-corrected chi connectivity index (χ1v) is 25.7. The molecule has 4 N–H and O–H groups in total. The summed E-state index contributed by atoms with van der Waals surface area (Å²) in [6, 6.07) is 35.7. The van der Waals surface area contributed by atoms with Crippen molar-refractivity contribution in [2.75, 3.05) is 19.5 Å². The van der Waals surface area contributed by atoms with Gasteiger partial charge in [0.15, 0.2) is 5.75 Å². The quantitative estimate of drug-likeness (QED) is 0.0260. The van der Waals surface area contributed by atoms with Crippen LogP contribution in [0, 0.1) is 0 Å². The van der Waals surface area contributed by atoms with E-state index in [0.717, 1.165) is 0 Å². The maximum atomic E-state index is 13.3. The Morgan fingerprint density at radius 1 is 0.627 bits per heavy atom. The maximum Gasteiger partial charge on any atom is 2.00 e. The molecule has 23 heteroatoms. The fourth-order valence-electron chi connectivity index (χ4n) is 7.56. The van der Waals surface area contributed by atoms with Gasteiger partial charge in [-0.15, -0.1) is 15.3 Å². The summed E-state index contributed by atoms with van der Waals surface area (Å²) in [5, 5.41) is 57.8.